The summed E-state index contributed by atoms with van der Waals surface area (Å²) in [7, 11) is 1.32. The van der Waals surface area contributed by atoms with Crippen LogP contribution < -0.4 is 5.32 Å². The number of hydrogen-bond donors (Lipinski definition) is 1. The predicted octanol–water partition coefficient (Wildman–Crippen LogP) is 4.01. The number of aryl methyl sites for hydroxylation is 1. The second-order valence-electron chi connectivity index (χ2n) is 7.17. The normalized spacial score (nSPS) is 17.8. The van der Waals surface area contributed by atoms with Crippen LogP contribution in [0.1, 0.15) is 36.7 Å². The SMILES string of the molecule is CCc1ccc(-c2csc(NC(=O)C3CSC(C)(C)N3C=O)c2C(=O)OC)cc1. The van der Waals surface area contributed by atoms with Gasteiger partial charge in [0.2, 0.25) is 12.3 Å². The maximum atomic E-state index is 12.9. The van der Waals surface area contributed by atoms with E-state index in [9.17, 15) is 14.4 Å². The minimum absolute atomic E-state index is 0.310. The summed E-state index contributed by atoms with van der Waals surface area (Å²) in [5.41, 5.74) is 3.13. The molecule has 1 unspecified atom stereocenters. The summed E-state index contributed by atoms with van der Waals surface area (Å²) in [4.78, 5) is 38.0. The zero-order valence-electron chi connectivity index (χ0n) is 16.9. The van der Waals surface area contributed by atoms with Crippen LogP contribution >= 0.6 is 23.1 Å². The largest absolute Gasteiger partial charge is 0.465 e. The zero-order valence-corrected chi connectivity index (χ0v) is 18.5. The first-order valence-electron chi connectivity index (χ1n) is 9.30. The first kappa shape index (κ1) is 21.4. The van der Waals surface area contributed by atoms with Gasteiger partial charge >= 0.3 is 5.97 Å². The molecule has 1 aromatic heterocycles. The molecule has 1 atom stereocenters. The molecule has 0 aliphatic carbocycles. The Morgan fingerprint density at radius 2 is 2.00 bits per heavy atom. The lowest BCUT2D eigenvalue weighted by atomic mass is 10.0. The number of carbonyl (C=O) groups is 3. The number of ether oxygens (including phenoxy) is 1. The lowest BCUT2D eigenvalue weighted by Gasteiger charge is -2.30. The molecule has 0 radical (unpaired) electrons. The number of esters is 1. The molecule has 1 aliphatic heterocycles. The van der Waals surface area contributed by atoms with E-state index in [1.54, 1.807) is 11.8 Å². The average Bonchev–Trinajstić information content (AvgIpc) is 3.27. The second-order valence-corrected chi connectivity index (χ2v) is 9.67. The minimum atomic E-state index is -0.590. The maximum absolute atomic E-state index is 12.9. The molecule has 1 saturated heterocycles. The van der Waals surface area contributed by atoms with E-state index in [1.807, 2.05) is 43.5 Å². The van der Waals surface area contributed by atoms with Crippen molar-refractivity contribution >= 4 is 46.4 Å². The summed E-state index contributed by atoms with van der Waals surface area (Å²) in [6.45, 7) is 5.89. The van der Waals surface area contributed by atoms with E-state index in [2.05, 4.69) is 12.2 Å². The highest BCUT2D eigenvalue weighted by Gasteiger charge is 2.43. The Morgan fingerprint density at radius 3 is 2.59 bits per heavy atom. The number of thiophene rings is 1. The van der Waals surface area contributed by atoms with Crippen LogP contribution in [0.3, 0.4) is 0 Å². The quantitative estimate of drug-likeness (QED) is 0.551. The molecule has 3 rings (SSSR count). The van der Waals surface area contributed by atoms with Crippen LogP contribution in [0, 0.1) is 0 Å². The average molecular weight is 433 g/mol. The minimum Gasteiger partial charge on any atom is -0.465 e. The van der Waals surface area contributed by atoms with E-state index in [1.165, 1.54) is 28.9 Å². The Labute approximate surface area is 178 Å². The summed E-state index contributed by atoms with van der Waals surface area (Å²) in [6, 6.07) is 7.37. The van der Waals surface area contributed by atoms with Crippen molar-refractivity contribution in [3.63, 3.8) is 0 Å². The highest BCUT2D eigenvalue weighted by molar-refractivity contribution is 8.00. The number of carbonyl (C=O) groups excluding carboxylic acids is 3. The van der Waals surface area contributed by atoms with Crippen molar-refractivity contribution in [1.82, 2.24) is 4.90 Å². The summed E-state index contributed by atoms with van der Waals surface area (Å²) in [5, 5.41) is 5.12. The molecule has 6 nitrogen and oxygen atoms in total. The molecule has 0 spiro atoms. The summed E-state index contributed by atoms with van der Waals surface area (Å²) >= 11 is 2.82. The molecule has 2 heterocycles. The molecular weight excluding hydrogens is 408 g/mol. The van der Waals surface area contributed by atoms with Crippen LogP contribution in [0.5, 0.6) is 0 Å². The number of rotatable bonds is 6. The number of methoxy groups -OCH3 is 1. The van der Waals surface area contributed by atoms with Crippen molar-refractivity contribution < 1.29 is 19.1 Å². The fraction of sp³-hybridized carbons (Fsp3) is 0.381. The third-order valence-corrected chi connectivity index (χ3v) is 7.35. The molecule has 8 heteroatoms. The van der Waals surface area contributed by atoms with Gasteiger partial charge in [-0.1, -0.05) is 31.2 Å². The lowest BCUT2D eigenvalue weighted by molar-refractivity contribution is -0.130. The summed E-state index contributed by atoms with van der Waals surface area (Å²) < 4.78 is 4.97. The molecule has 154 valence electrons. The zero-order chi connectivity index (χ0) is 21.2. The van der Waals surface area contributed by atoms with E-state index in [0.29, 0.717) is 28.3 Å². The van der Waals surface area contributed by atoms with Crippen molar-refractivity contribution in [3.8, 4) is 11.1 Å². The Kier molecular flexibility index (Phi) is 6.33. The number of anilines is 1. The maximum Gasteiger partial charge on any atom is 0.341 e. The molecule has 2 aromatic rings. The standard InChI is InChI=1S/C21H24N2O4S2/c1-5-13-6-8-14(9-7-13)15-10-28-19(17(15)20(26)27-4)22-18(25)16-11-29-21(2,3)23(16)12-24/h6-10,12,16H,5,11H2,1-4H3,(H,22,25). The molecule has 0 saturated carbocycles. The van der Waals surface area contributed by atoms with Gasteiger partial charge in [0.05, 0.1) is 12.0 Å². The van der Waals surface area contributed by atoms with Gasteiger partial charge in [0.1, 0.15) is 16.6 Å². The van der Waals surface area contributed by atoms with Gasteiger partial charge in [0.15, 0.2) is 0 Å². The van der Waals surface area contributed by atoms with Gasteiger partial charge in [0, 0.05) is 16.7 Å². The van der Waals surface area contributed by atoms with Gasteiger partial charge in [-0.05, 0) is 31.4 Å². The number of amides is 2. The van der Waals surface area contributed by atoms with Crippen LogP contribution in [0.2, 0.25) is 0 Å². The van der Waals surface area contributed by atoms with Crippen LogP contribution in [-0.2, 0) is 20.7 Å². The number of nitrogens with zero attached hydrogens (tertiary/aromatic N) is 1. The van der Waals surface area contributed by atoms with Crippen molar-refractivity contribution in [2.45, 2.75) is 38.1 Å². The molecule has 2 amide bonds. The van der Waals surface area contributed by atoms with Gasteiger partial charge in [0.25, 0.3) is 0 Å². The van der Waals surface area contributed by atoms with E-state index in [-0.39, 0.29) is 5.91 Å². The monoisotopic (exact) mass is 432 g/mol. The Hall–Kier alpha value is -2.32. The van der Waals surface area contributed by atoms with Crippen molar-refractivity contribution in [3.05, 3.63) is 40.8 Å². The molecule has 1 N–H and O–H groups in total. The second kappa shape index (κ2) is 8.59. The fourth-order valence-corrected chi connectivity index (χ4v) is 5.46. The lowest BCUT2D eigenvalue weighted by Crippen LogP contribution is -2.47. The Balaban J connectivity index is 1.91. The van der Waals surface area contributed by atoms with Crippen molar-refractivity contribution in [1.29, 1.82) is 0 Å². The molecule has 1 fully saturated rings. The highest BCUT2D eigenvalue weighted by Crippen LogP contribution is 2.40. The fourth-order valence-electron chi connectivity index (χ4n) is 3.30. The van der Waals surface area contributed by atoms with E-state index in [4.69, 9.17) is 4.74 Å². The first-order valence-corrected chi connectivity index (χ1v) is 11.2. The third kappa shape index (κ3) is 4.18. The summed E-state index contributed by atoms with van der Waals surface area (Å²) in [6.07, 6.45) is 1.64. The Morgan fingerprint density at radius 1 is 1.31 bits per heavy atom. The molecule has 1 aromatic carbocycles. The van der Waals surface area contributed by atoms with E-state index < -0.39 is 16.9 Å². The first-order chi connectivity index (χ1) is 13.8. The Bertz CT molecular complexity index is 921. The van der Waals surface area contributed by atoms with Gasteiger partial charge < -0.3 is 15.0 Å². The van der Waals surface area contributed by atoms with Crippen LogP contribution in [-0.4, -0.2) is 47.0 Å². The van der Waals surface area contributed by atoms with E-state index >= 15 is 0 Å². The number of benzene rings is 1. The van der Waals surface area contributed by atoms with Gasteiger partial charge in [-0.2, -0.15) is 0 Å². The smallest absolute Gasteiger partial charge is 0.341 e. The van der Waals surface area contributed by atoms with Crippen LogP contribution in [0.4, 0.5) is 5.00 Å². The molecule has 0 bridgehead atoms. The van der Waals surface area contributed by atoms with Crippen molar-refractivity contribution in [2.24, 2.45) is 0 Å². The van der Waals surface area contributed by atoms with Gasteiger partial charge in [-0.15, -0.1) is 23.1 Å². The topological polar surface area (TPSA) is 75.7 Å². The van der Waals surface area contributed by atoms with Gasteiger partial charge in [-0.3, -0.25) is 9.59 Å². The predicted molar refractivity (Wildman–Crippen MR) is 117 cm³/mol. The number of hydrogen-bond acceptors (Lipinski definition) is 6. The van der Waals surface area contributed by atoms with E-state index in [0.717, 1.165) is 12.0 Å². The molecule has 1 aliphatic rings. The van der Waals surface area contributed by atoms with Gasteiger partial charge in [-0.25, -0.2) is 4.79 Å². The number of thioether (sulfide) groups is 1. The highest BCUT2D eigenvalue weighted by atomic mass is 32.2. The molecular formula is C21H24N2O4S2. The molecule has 29 heavy (non-hydrogen) atoms. The third-order valence-electron chi connectivity index (χ3n) is 5.06. The number of nitrogens with one attached hydrogen (secondary N) is 1. The summed E-state index contributed by atoms with van der Waals surface area (Å²) in [5.74, 6) is -0.318. The van der Waals surface area contributed by atoms with Crippen molar-refractivity contribution in [2.75, 3.05) is 18.2 Å². The van der Waals surface area contributed by atoms with Crippen LogP contribution in [0.25, 0.3) is 11.1 Å². The van der Waals surface area contributed by atoms with Crippen LogP contribution in [0.15, 0.2) is 29.6 Å².